The van der Waals surface area contributed by atoms with Crippen LogP contribution in [0.15, 0.2) is 12.1 Å². The Hall–Kier alpha value is -1.07. The molecule has 2 rings (SSSR count). The standard InChI is InChI=1S/C15H21F3N2/c1-11(20-5-3-2-4-6-20)9-19-10-12-7-13(16)15(18)14(17)8-12/h7-8,11,19H,2-6,9-10H2,1H3. The number of nitrogens with one attached hydrogen (secondary N) is 1. The van der Waals surface area contributed by atoms with E-state index in [2.05, 4.69) is 17.1 Å². The molecule has 5 heteroatoms. The van der Waals surface area contributed by atoms with Gasteiger partial charge in [-0.05, 0) is 50.6 Å². The zero-order chi connectivity index (χ0) is 14.5. The average Bonchev–Trinajstić information content (AvgIpc) is 2.45. The van der Waals surface area contributed by atoms with Gasteiger partial charge in [-0.25, -0.2) is 13.2 Å². The highest BCUT2D eigenvalue weighted by Gasteiger charge is 2.16. The molecule has 0 spiro atoms. The minimum Gasteiger partial charge on any atom is -0.311 e. The normalized spacial score (nSPS) is 18.2. The van der Waals surface area contributed by atoms with Gasteiger partial charge in [-0.2, -0.15) is 0 Å². The highest BCUT2D eigenvalue weighted by molar-refractivity contribution is 5.19. The zero-order valence-electron chi connectivity index (χ0n) is 11.8. The Labute approximate surface area is 118 Å². The minimum absolute atomic E-state index is 0.340. The summed E-state index contributed by atoms with van der Waals surface area (Å²) in [7, 11) is 0. The third-order valence-electron chi connectivity index (χ3n) is 3.83. The summed E-state index contributed by atoms with van der Waals surface area (Å²) >= 11 is 0. The second-order valence-corrected chi connectivity index (χ2v) is 5.45. The van der Waals surface area contributed by atoms with E-state index in [1.165, 1.54) is 19.3 Å². The molecule has 1 aliphatic rings. The van der Waals surface area contributed by atoms with E-state index >= 15 is 0 Å². The molecule has 0 aromatic heterocycles. The summed E-state index contributed by atoms with van der Waals surface area (Å²) in [6, 6.07) is 2.47. The van der Waals surface area contributed by atoms with E-state index in [1.807, 2.05) is 0 Å². The molecule has 20 heavy (non-hydrogen) atoms. The molecule has 1 heterocycles. The van der Waals surface area contributed by atoms with Crippen LogP contribution >= 0.6 is 0 Å². The first-order valence-electron chi connectivity index (χ1n) is 7.16. The second kappa shape index (κ2) is 7.09. The molecule has 1 aliphatic heterocycles. The Balaban J connectivity index is 1.80. The Morgan fingerprint density at radius 3 is 2.30 bits per heavy atom. The molecule has 0 amide bonds. The van der Waals surface area contributed by atoms with Gasteiger partial charge in [0.25, 0.3) is 0 Å². The molecule has 1 unspecified atom stereocenters. The topological polar surface area (TPSA) is 15.3 Å². The molecule has 1 N–H and O–H groups in total. The van der Waals surface area contributed by atoms with Crippen molar-refractivity contribution >= 4 is 0 Å². The summed E-state index contributed by atoms with van der Waals surface area (Å²) < 4.78 is 39.0. The van der Waals surface area contributed by atoms with E-state index in [0.717, 1.165) is 31.8 Å². The van der Waals surface area contributed by atoms with Crippen molar-refractivity contribution in [1.82, 2.24) is 10.2 Å². The Morgan fingerprint density at radius 1 is 1.10 bits per heavy atom. The van der Waals surface area contributed by atoms with Gasteiger partial charge in [0.1, 0.15) is 0 Å². The largest absolute Gasteiger partial charge is 0.311 e. The van der Waals surface area contributed by atoms with Crippen LogP contribution < -0.4 is 5.32 Å². The molecule has 0 radical (unpaired) electrons. The number of hydrogen-bond acceptors (Lipinski definition) is 2. The maximum atomic E-state index is 13.1. The molecule has 1 fully saturated rings. The third-order valence-corrected chi connectivity index (χ3v) is 3.83. The van der Waals surface area contributed by atoms with Gasteiger partial charge in [-0.1, -0.05) is 6.42 Å². The van der Waals surface area contributed by atoms with Crippen molar-refractivity contribution in [1.29, 1.82) is 0 Å². The van der Waals surface area contributed by atoms with Crippen LogP contribution in [0.2, 0.25) is 0 Å². The first-order valence-corrected chi connectivity index (χ1v) is 7.16. The fourth-order valence-electron chi connectivity index (χ4n) is 2.62. The SMILES string of the molecule is CC(CNCc1cc(F)c(F)c(F)c1)N1CCCCC1. The van der Waals surface area contributed by atoms with Crippen LogP contribution in [0.5, 0.6) is 0 Å². The summed E-state index contributed by atoms with van der Waals surface area (Å²) in [5.41, 5.74) is 0.423. The molecule has 0 saturated carbocycles. The fraction of sp³-hybridized carbons (Fsp3) is 0.600. The fourth-order valence-corrected chi connectivity index (χ4v) is 2.62. The lowest BCUT2D eigenvalue weighted by Gasteiger charge is -2.32. The monoisotopic (exact) mass is 286 g/mol. The van der Waals surface area contributed by atoms with Crippen molar-refractivity contribution < 1.29 is 13.2 Å². The van der Waals surface area contributed by atoms with E-state index in [-0.39, 0.29) is 0 Å². The highest BCUT2D eigenvalue weighted by atomic mass is 19.2. The van der Waals surface area contributed by atoms with Gasteiger partial charge in [0.2, 0.25) is 0 Å². The van der Waals surface area contributed by atoms with Crippen LogP contribution in [-0.4, -0.2) is 30.6 Å². The summed E-state index contributed by atoms with van der Waals surface area (Å²) in [6.45, 7) is 5.46. The molecular weight excluding hydrogens is 265 g/mol. The van der Waals surface area contributed by atoms with E-state index in [4.69, 9.17) is 0 Å². The highest BCUT2D eigenvalue weighted by Crippen LogP contribution is 2.14. The summed E-state index contributed by atoms with van der Waals surface area (Å²) in [4.78, 5) is 2.42. The van der Waals surface area contributed by atoms with Crippen molar-refractivity contribution in [2.45, 2.75) is 38.8 Å². The number of likely N-dealkylation sites (tertiary alicyclic amines) is 1. The maximum Gasteiger partial charge on any atom is 0.194 e. The van der Waals surface area contributed by atoms with Crippen LogP contribution in [0.3, 0.4) is 0 Å². The predicted octanol–water partition coefficient (Wildman–Crippen LogP) is 3.07. The van der Waals surface area contributed by atoms with Crippen molar-refractivity contribution in [2.75, 3.05) is 19.6 Å². The van der Waals surface area contributed by atoms with Crippen molar-refractivity contribution in [3.8, 4) is 0 Å². The van der Waals surface area contributed by atoms with Crippen molar-refractivity contribution in [3.05, 3.63) is 35.1 Å². The first-order chi connectivity index (χ1) is 9.58. The molecule has 0 bridgehead atoms. The average molecular weight is 286 g/mol. The van der Waals surface area contributed by atoms with Crippen molar-refractivity contribution in [2.24, 2.45) is 0 Å². The van der Waals surface area contributed by atoms with E-state index in [9.17, 15) is 13.2 Å². The molecule has 112 valence electrons. The van der Waals surface area contributed by atoms with Crippen LogP contribution in [-0.2, 0) is 6.54 Å². The lowest BCUT2D eigenvalue weighted by Crippen LogP contribution is -2.42. The molecule has 1 aromatic rings. The molecule has 2 nitrogen and oxygen atoms in total. The van der Waals surface area contributed by atoms with Gasteiger partial charge in [0, 0.05) is 19.1 Å². The van der Waals surface area contributed by atoms with Gasteiger partial charge in [-0.3, -0.25) is 4.90 Å². The Bertz CT molecular complexity index is 422. The summed E-state index contributed by atoms with van der Waals surface area (Å²) in [6.07, 6.45) is 3.77. The Kier molecular flexibility index (Phi) is 5.43. The van der Waals surface area contributed by atoms with Gasteiger partial charge >= 0.3 is 0 Å². The molecule has 1 saturated heterocycles. The Morgan fingerprint density at radius 2 is 1.70 bits per heavy atom. The molecule has 1 atom stereocenters. The van der Waals surface area contributed by atoms with Crippen LogP contribution in [0, 0.1) is 17.5 Å². The van der Waals surface area contributed by atoms with Crippen LogP contribution in [0.25, 0.3) is 0 Å². The molecule has 1 aromatic carbocycles. The van der Waals surface area contributed by atoms with Gasteiger partial charge in [-0.15, -0.1) is 0 Å². The lowest BCUT2D eigenvalue weighted by molar-refractivity contribution is 0.170. The number of hydrogen-bond donors (Lipinski definition) is 1. The van der Waals surface area contributed by atoms with E-state index in [1.54, 1.807) is 0 Å². The lowest BCUT2D eigenvalue weighted by atomic mass is 10.1. The summed E-state index contributed by atoms with van der Waals surface area (Å²) in [5, 5.41) is 3.18. The van der Waals surface area contributed by atoms with Gasteiger partial charge in [0.15, 0.2) is 17.5 Å². The number of halogens is 3. The quantitative estimate of drug-likeness (QED) is 0.837. The van der Waals surface area contributed by atoms with Crippen molar-refractivity contribution in [3.63, 3.8) is 0 Å². The molecular formula is C15H21F3N2. The first kappa shape index (κ1) is 15.3. The number of piperidine rings is 1. The maximum absolute atomic E-state index is 13.1. The second-order valence-electron chi connectivity index (χ2n) is 5.45. The number of nitrogens with zero attached hydrogens (tertiary/aromatic N) is 1. The zero-order valence-corrected chi connectivity index (χ0v) is 11.8. The smallest absolute Gasteiger partial charge is 0.194 e. The number of rotatable bonds is 5. The summed E-state index contributed by atoms with van der Waals surface area (Å²) in [5.74, 6) is -3.67. The van der Waals surface area contributed by atoms with E-state index < -0.39 is 17.5 Å². The molecule has 0 aliphatic carbocycles. The van der Waals surface area contributed by atoms with Gasteiger partial charge < -0.3 is 5.32 Å². The van der Waals surface area contributed by atoms with Gasteiger partial charge in [0.05, 0.1) is 0 Å². The minimum atomic E-state index is -1.41. The van der Waals surface area contributed by atoms with E-state index in [0.29, 0.717) is 18.2 Å². The number of benzene rings is 1. The predicted molar refractivity (Wildman–Crippen MR) is 72.9 cm³/mol. The third kappa shape index (κ3) is 3.96. The van der Waals surface area contributed by atoms with Crippen LogP contribution in [0.1, 0.15) is 31.7 Å². The van der Waals surface area contributed by atoms with Crippen LogP contribution in [0.4, 0.5) is 13.2 Å².